The number of hydrogen-bond donors (Lipinski definition) is 1. The monoisotopic (exact) mass is 236 g/mol. The molecule has 1 rings (SSSR count). The highest BCUT2D eigenvalue weighted by Gasteiger charge is 2.11. The summed E-state index contributed by atoms with van der Waals surface area (Å²) in [5.74, 6) is 0. The molecular weight excluding hydrogens is 212 g/mol. The van der Waals surface area contributed by atoms with E-state index in [1.165, 1.54) is 0 Å². The van der Waals surface area contributed by atoms with E-state index in [4.69, 9.17) is 4.74 Å². The standard InChI is InChI=1S/C14H24N2O/c1-4-15-14(9-8-12(2)17-3)11-13-7-5-6-10-16-13/h5-7,10,12,14-15H,4,8-9,11H2,1-3H3. The van der Waals surface area contributed by atoms with E-state index in [9.17, 15) is 0 Å². The van der Waals surface area contributed by atoms with Crippen molar-refractivity contribution in [1.82, 2.24) is 10.3 Å². The zero-order valence-corrected chi connectivity index (χ0v) is 11.1. The fraction of sp³-hybridized carbons (Fsp3) is 0.643. The molecule has 0 fully saturated rings. The number of pyridine rings is 1. The third-order valence-corrected chi connectivity index (χ3v) is 3.00. The first kappa shape index (κ1) is 14.1. The fourth-order valence-electron chi connectivity index (χ4n) is 1.89. The van der Waals surface area contributed by atoms with E-state index in [0.717, 1.165) is 31.5 Å². The minimum atomic E-state index is 0.333. The summed E-state index contributed by atoms with van der Waals surface area (Å²) in [4.78, 5) is 4.38. The average Bonchev–Trinajstić information content (AvgIpc) is 2.37. The molecule has 96 valence electrons. The molecule has 0 saturated heterocycles. The lowest BCUT2D eigenvalue weighted by Gasteiger charge is -2.19. The first-order chi connectivity index (χ1) is 8.26. The van der Waals surface area contributed by atoms with Crippen LogP contribution in [0.3, 0.4) is 0 Å². The normalized spacial score (nSPS) is 14.5. The van der Waals surface area contributed by atoms with Crippen molar-refractivity contribution in [2.24, 2.45) is 0 Å². The maximum absolute atomic E-state index is 5.29. The molecule has 0 saturated carbocycles. The van der Waals surface area contributed by atoms with Crippen LogP contribution in [0.15, 0.2) is 24.4 Å². The van der Waals surface area contributed by atoms with Gasteiger partial charge in [0.1, 0.15) is 0 Å². The number of nitrogens with zero attached hydrogens (tertiary/aromatic N) is 1. The summed E-state index contributed by atoms with van der Waals surface area (Å²) in [6.45, 7) is 5.26. The van der Waals surface area contributed by atoms with Crippen LogP contribution >= 0.6 is 0 Å². The number of hydrogen-bond acceptors (Lipinski definition) is 3. The Hall–Kier alpha value is -0.930. The van der Waals surface area contributed by atoms with E-state index in [0.29, 0.717) is 12.1 Å². The second-order valence-electron chi connectivity index (χ2n) is 4.40. The Labute approximate surface area is 105 Å². The van der Waals surface area contributed by atoms with E-state index in [1.807, 2.05) is 18.3 Å². The van der Waals surface area contributed by atoms with E-state index >= 15 is 0 Å². The van der Waals surface area contributed by atoms with Crippen LogP contribution in [0.2, 0.25) is 0 Å². The maximum atomic E-state index is 5.29. The van der Waals surface area contributed by atoms with Gasteiger partial charge in [-0.3, -0.25) is 4.98 Å². The summed E-state index contributed by atoms with van der Waals surface area (Å²) in [7, 11) is 1.77. The number of methoxy groups -OCH3 is 1. The van der Waals surface area contributed by atoms with E-state index < -0.39 is 0 Å². The molecule has 2 unspecified atom stereocenters. The molecule has 2 atom stereocenters. The van der Waals surface area contributed by atoms with Gasteiger partial charge in [-0.05, 0) is 38.4 Å². The first-order valence-corrected chi connectivity index (χ1v) is 6.42. The van der Waals surface area contributed by atoms with Gasteiger partial charge in [0.25, 0.3) is 0 Å². The molecule has 1 heterocycles. The predicted molar refractivity (Wildman–Crippen MR) is 71.1 cm³/mol. The van der Waals surface area contributed by atoms with Crippen LogP contribution in [-0.2, 0) is 11.2 Å². The molecule has 0 aliphatic carbocycles. The van der Waals surface area contributed by atoms with Gasteiger partial charge in [-0.1, -0.05) is 13.0 Å². The molecule has 0 spiro atoms. The molecule has 0 amide bonds. The Morgan fingerprint density at radius 3 is 2.76 bits per heavy atom. The van der Waals surface area contributed by atoms with E-state index in [1.54, 1.807) is 7.11 Å². The number of nitrogens with one attached hydrogen (secondary N) is 1. The average molecular weight is 236 g/mol. The summed E-state index contributed by atoms with van der Waals surface area (Å²) in [6.07, 6.45) is 5.39. The molecule has 17 heavy (non-hydrogen) atoms. The minimum absolute atomic E-state index is 0.333. The van der Waals surface area contributed by atoms with Crippen LogP contribution in [-0.4, -0.2) is 30.8 Å². The van der Waals surface area contributed by atoms with Gasteiger partial charge in [0.05, 0.1) is 6.10 Å². The quantitative estimate of drug-likeness (QED) is 0.752. The summed E-state index contributed by atoms with van der Waals surface area (Å²) in [5.41, 5.74) is 1.16. The highest BCUT2D eigenvalue weighted by molar-refractivity contribution is 5.05. The molecule has 1 aromatic heterocycles. The lowest BCUT2D eigenvalue weighted by atomic mass is 10.0. The van der Waals surface area contributed by atoms with Gasteiger partial charge in [-0.25, -0.2) is 0 Å². The number of ether oxygens (including phenoxy) is 1. The van der Waals surface area contributed by atoms with Crippen molar-refractivity contribution in [2.75, 3.05) is 13.7 Å². The van der Waals surface area contributed by atoms with Crippen LogP contribution in [0.4, 0.5) is 0 Å². The molecule has 0 aromatic carbocycles. The molecule has 3 nitrogen and oxygen atoms in total. The minimum Gasteiger partial charge on any atom is -0.382 e. The van der Waals surface area contributed by atoms with Crippen LogP contribution in [0, 0.1) is 0 Å². The number of likely N-dealkylation sites (N-methyl/N-ethyl adjacent to an activating group) is 1. The predicted octanol–water partition coefficient (Wildman–Crippen LogP) is 2.42. The van der Waals surface area contributed by atoms with Gasteiger partial charge in [-0.15, -0.1) is 0 Å². The van der Waals surface area contributed by atoms with Crippen molar-refractivity contribution >= 4 is 0 Å². The second kappa shape index (κ2) is 8.20. The zero-order chi connectivity index (χ0) is 12.5. The van der Waals surface area contributed by atoms with Gasteiger partial charge >= 0.3 is 0 Å². The number of rotatable bonds is 8. The molecule has 0 bridgehead atoms. The summed E-state index contributed by atoms with van der Waals surface area (Å²) in [5, 5.41) is 3.51. The van der Waals surface area contributed by atoms with Gasteiger partial charge in [0.15, 0.2) is 0 Å². The first-order valence-electron chi connectivity index (χ1n) is 6.42. The Morgan fingerprint density at radius 1 is 1.35 bits per heavy atom. The van der Waals surface area contributed by atoms with E-state index in [-0.39, 0.29) is 0 Å². The molecule has 0 aliphatic rings. The largest absolute Gasteiger partial charge is 0.382 e. The van der Waals surface area contributed by atoms with Crippen molar-refractivity contribution in [1.29, 1.82) is 0 Å². The maximum Gasteiger partial charge on any atom is 0.0543 e. The Morgan fingerprint density at radius 2 is 2.18 bits per heavy atom. The highest BCUT2D eigenvalue weighted by Crippen LogP contribution is 2.08. The third kappa shape index (κ3) is 5.80. The molecule has 1 N–H and O–H groups in total. The van der Waals surface area contributed by atoms with Crippen molar-refractivity contribution in [3.05, 3.63) is 30.1 Å². The topological polar surface area (TPSA) is 34.1 Å². The van der Waals surface area contributed by atoms with Crippen molar-refractivity contribution in [3.8, 4) is 0 Å². The molecule has 3 heteroatoms. The van der Waals surface area contributed by atoms with Crippen molar-refractivity contribution in [2.45, 2.75) is 45.3 Å². The lowest BCUT2D eigenvalue weighted by Crippen LogP contribution is -2.32. The zero-order valence-electron chi connectivity index (χ0n) is 11.1. The van der Waals surface area contributed by atoms with Gasteiger partial charge in [0, 0.05) is 31.5 Å². The lowest BCUT2D eigenvalue weighted by molar-refractivity contribution is 0.106. The van der Waals surface area contributed by atoms with Crippen LogP contribution in [0.1, 0.15) is 32.4 Å². The highest BCUT2D eigenvalue weighted by atomic mass is 16.5. The van der Waals surface area contributed by atoms with Gasteiger partial charge in [0.2, 0.25) is 0 Å². The fourth-order valence-corrected chi connectivity index (χ4v) is 1.89. The summed E-state index contributed by atoms with van der Waals surface area (Å²) < 4.78 is 5.29. The SMILES string of the molecule is CCNC(CCC(C)OC)Cc1ccccn1. The summed E-state index contributed by atoms with van der Waals surface area (Å²) in [6, 6.07) is 6.58. The second-order valence-corrected chi connectivity index (χ2v) is 4.40. The Balaban J connectivity index is 2.43. The van der Waals surface area contributed by atoms with Gasteiger partial charge in [-0.2, -0.15) is 0 Å². The molecular formula is C14H24N2O. The molecule has 0 radical (unpaired) electrons. The molecule has 0 aliphatic heterocycles. The smallest absolute Gasteiger partial charge is 0.0543 e. The van der Waals surface area contributed by atoms with Crippen molar-refractivity contribution in [3.63, 3.8) is 0 Å². The third-order valence-electron chi connectivity index (χ3n) is 3.00. The van der Waals surface area contributed by atoms with Crippen LogP contribution in [0.25, 0.3) is 0 Å². The summed E-state index contributed by atoms with van der Waals surface area (Å²) >= 11 is 0. The van der Waals surface area contributed by atoms with Crippen LogP contribution < -0.4 is 5.32 Å². The van der Waals surface area contributed by atoms with Crippen LogP contribution in [0.5, 0.6) is 0 Å². The van der Waals surface area contributed by atoms with Crippen molar-refractivity contribution < 1.29 is 4.74 Å². The van der Waals surface area contributed by atoms with E-state index in [2.05, 4.69) is 30.2 Å². The Kier molecular flexibility index (Phi) is 6.82. The molecule has 1 aromatic rings. The van der Waals surface area contributed by atoms with Gasteiger partial charge < -0.3 is 10.1 Å². The number of aromatic nitrogens is 1. The Bertz CT molecular complexity index is 290.